The summed E-state index contributed by atoms with van der Waals surface area (Å²) in [6.07, 6.45) is 2.70. The fourth-order valence-electron chi connectivity index (χ4n) is 2.04. The lowest BCUT2D eigenvalue weighted by Crippen LogP contribution is -1.97. The first kappa shape index (κ1) is 11.6. The second kappa shape index (κ2) is 4.65. The van der Waals surface area contributed by atoms with Gasteiger partial charge in [-0.3, -0.25) is 0 Å². The molecular weight excluding hydrogens is 296 g/mol. The van der Waals surface area contributed by atoms with Crippen LogP contribution in [0.25, 0.3) is 11.3 Å². The monoisotopic (exact) mass is 308 g/mol. The Morgan fingerprint density at radius 1 is 1.22 bits per heavy atom. The van der Waals surface area contributed by atoms with Crippen molar-refractivity contribution in [2.24, 2.45) is 7.05 Å². The Bertz CT molecular complexity index is 561. The van der Waals surface area contributed by atoms with Gasteiger partial charge >= 0.3 is 0 Å². The summed E-state index contributed by atoms with van der Waals surface area (Å²) in [5.74, 6) is 1.62. The topological polar surface area (TPSA) is 36.3 Å². The molecule has 3 rings (SSSR count). The number of halogens is 1. The van der Waals surface area contributed by atoms with E-state index in [1.54, 1.807) is 6.33 Å². The second-order valence-corrected chi connectivity index (χ2v) is 4.96. The fourth-order valence-corrected chi connectivity index (χ4v) is 2.64. The van der Waals surface area contributed by atoms with Crippen molar-refractivity contribution in [2.75, 3.05) is 13.2 Å². The van der Waals surface area contributed by atoms with Crippen LogP contribution >= 0.6 is 15.9 Å². The number of aryl methyl sites for hydroxylation is 1. The molecule has 1 aliphatic heterocycles. The predicted octanol–water partition coefficient (Wildman–Crippen LogP) is 3.01. The Labute approximate surface area is 114 Å². The Morgan fingerprint density at radius 2 is 2.00 bits per heavy atom. The van der Waals surface area contributed by atoms with Gasteiger partial charge in [0.15, 0.2) is 11.5 Å². The molecule has 0 atom stereocenters. The van der Waals surface area contributed by atoms with E-state index in [1.807, 2.05) is 29.8 Å². The molecular formula is C13H13BrN2O2. The average Bonchev–Trinajstić information content (AvgIpc) is 2.59. The summed E-state index contributed by atoms with van der Waals surface area (Å²) in [6.45, 7) is 1.41. The van der Waals surface area contributed by atoms with E-state index in [1.165, 1.54) is 0 Å². The summed E-state index contributed by atoms with van der Waals surface area (Å²) < 4.78 is 14.1. The van der Waals surface area contributed by atoms with Gasteiger partial charge in [0.2, 0.25) is 0 Å². The van der Waals surface area contributed by atoms with Gasteiger partial charge < -0.3 is 14.0 Å². The van der Waals surface area contributed by atoms with Gasteiger partial charge in [-0.25, -0.2) is 4.98 Å². The quantitative estimate of drug-likeness (QED) is 0.812. The van der Waals surface area contributed by atoms with E-state index in [0.717, 1.165) is 33.8 Å². The molecule has 94 valence electrons. The highest BCUT2D eigenvalue weighted by Gasteiger charge is 2.14. The zero-order valence-electron chi connectivity index (χ0n) is 10.0. The van der Waals surface area contributed by atoms with Crippen LogP contribution in [0.3, 0.4) is 0 Å². The van der Waals surface area contributed by atoms with Crippen LogP contribution in [0.5, 0.6) is 11.5 Å². The maximum Gasteiger partial charge on any atom is 0.161 e. The minimum absolute atomic E-state index is 0.697. The lowest BCUT2D eigenvalue weighted by Gasteiger charge is -2.10. The van der Waals surface area contributed by atoms with Gasteiger partial charge in [0.05, 0.1) is 25.2 Å². The smallest absolute Gasteiger partial charge is 0.161 e. The summed E-state index contributed by atoms with van der Waals surface area (Å²) in [7, 11) is 1.97. The molecule has 0 radical (unpaired) electrons. The first-order valence-corrected chi connectivity index (χ1v) is 6.62. The van der Waals surface area contributed by atoms with Crippen molar-refractivity contribution >= 4 is 15.9 Å². The van der Waals surface area contributed by atoms with E-state index in [-0.39, 0.29) is 0 Å². The number of hydrogen-bond acceptors (Lipinski definition) is 3. The normalized spacial score (nSPS) is 14.3. The van der Waals surface area contributed by atoms with Crippen LogP contribution in [0, 0.1) is 0 Å². The van der Waals surface area contributed by atoms with Crippen molar-refractivity contribution in [2.45, 2.75) is 6.42 Å². The lowest BCUT2D eigenvalue weighted by atomic mass is 10.1. The molecule has 2 heterocycles. The first-order chi connectivity index (χ1) is 8.75. The fraction of sp³-hybridized carbons (Fsp3) is 0.308. The number of hydrogen-bond donors (Lipinski definition) is 0. The number of imidazole rings is 1. The highest BCUT2D eigenvalue weighted by molar-refractivity contribution is 9.10. The predicted molar refractivity (Wildman–Crippen MR) is 72.0 cm³/mol. The maximum atomic E-state index is 5.70. The van der Waals surface area contributed by atoms with Crippen LogP contribution in [0.4, 0.5) is 0 Å². The minimum Gasteiger partial charge on any atom is -0.490 e. The molecule has 0 bridgehead atoms. The molecule has 4 nitrogen and oxygen atoms in total. The van der Waals surface area contributed by atoms with E-state index < -0.39 is 0 Å². The summed E-state index contributed by atoms with van der Waals surface area (Å²) in [5, 5.41) is 0. The van der Waals surface area contributed by atoms with Gasteiger partial charge in [-0.05, 0) is 34.1 Å². The van der Waals surface area contributed by atoms with Crippen LogP contribution in [0.15, 0.2) is 29.1 Å². The summed E-state index contributed by atoms with van der Waals surface area (Å²) in [4.78, 5) is 4.23. The largest absolute Gasteiger partial charge is 0.490 e. The van der Waals surface area contributed by atoms with Crippen LogP contribution in [0.1, 0.15) is 6.42 Å². The number of rotatable bonds is 1. The van der Waals surface area contributed by atoms with Crippen LogP contribution in [0.2, 0.25) is 0 Å². The third-order valence-corrected chi connectivity index (χ3v) is 3.49. The summed E-state index contributed by atoms with van der Waals surface area (Å²) in [5.41, 5.74) is 2.09. The van der Waals surface area contributed by atoms with Crippen molar-refractivity contribution < 1.29 is 9.47 Å². The standard InChI is InChI=1S/C13H13BrN2O2/c1-16-8-15-13(14)12(16)9-3-4-10-11(7-9)18-6-2-5-17-10/h3-4,7-8H,2,5-6H2,1H3. The third kappa shape index (κ3) is 1.99. The average molecular weight is 309 g/mol. The molecule has 2 aromatic rings. The molecule has 0 spiro atoms. The molecule has 1 aliphatic rings. The Morgan fingerprint density at radius 3 is 2.72 bits per heavy atom. The van der Waals surface area contributed by atoms with Crippen molar-refractivity contribution in [1.29, 1.82) is 0 Å². The number of nitrogens with zero attached hydrogens (tertiary/aromatic N) is 2. The number of aromatic nitrogens is 2. The van der Waals surface area contributed by atoms with Gasteiger partial charge in [0.25, 0.3) is 0 Å². The van der Waals surface area contributed by atoms with Crippen LogP contribution in [-0.2, 0) is 7.05 Å². The minimum atomic E-state index is 0.697. The molecule has 1 aromatic heterocycles. The van der Waals surface area contributed by atoms with Crippen molar-refractivity contribution in [1.82, 2.24) is 9.55 Å². The van der Waals surface area contributed by atoms with Crippen LogP contribution in [-0.4, -0.2) is 22.8 Å². The molecule has 0 unspecified atom stereocenters. The van der Waals surface area contributed by atoms with Gasteiger partial charge in [-0.2, -0.15) is 0 Å². The summed E-state index contributed by atoms with van der Waals surface area (Å²) >= 11 is 3.46. The summed E-state index contributed by atoms with van der Waals surface area (Å²) in [6, 6.07) is 5.98. The van der Waals surface area contributed by atoms with E-state index in [9.17, 15) is 0 Å². The first-order valence-electron chi connectivity index (χ1n) is 5.82. The highest BCUT2D eigenvalue weighted by Crippen LogP contribution is 2.36. The Hall–Kier alpha value is -1.49. The maximum absolute atomic E-state index is 5.70. The second-order valence-electron chi connectivity index (χ2n) is 4.21. The van der Waals surface area contributed by atoms with Gasteiger partial charge in [0.1, 0.15) is 4.60 Å². The van der Waals surface area contributed by atoms with E-state index >= 15 is 0 Å². The number of benzene rings is 1. The van der Waals surface area contributed by atoms with E-state index in [0.29, 0.717) is 13.2 Å². The number of ether oxygens (including phenoxy) is 2. The molecule has 0 fully saturated rings. The SMILES string of the molecule is Cn1cnc(Br)c1-c1ccc2c(c1)OCCCO2. The molecule has 0 saturated heterocycles. The zero-order chi connectivity index (χ0) is 12.5. The van der Waals surface area contributed by atoms with Gasteiger partial charge in [-0.15, -0.1) is 0 Å². The van der Waals surface area contributed by atoms with Crippen molar-refractivity contribution in [3.8, 4) is 22.8 Å². The van der Waals surface area contributed by atoms with E-state index in [2.05, 4.69) is 20.9 Å². The number of fused-ring (bicyclic) bond motifs is 1. The molecule has 18 heavy (non-hydrogen) atoms. The molecule has 1 aromatic carbocycles. The molecule has 0 amide bonds. The molecule has 5 heteroatoms. The third-order valence-electron chi connectivity index (χ3n) is 2.91. The van der Waals surface area contributed by atoms with E-state index in [4.69, 9.17) is 9.47 Å². The van der Waals surface area contributed by atoms with Gasteiger partial charge in [0, 0.05) is 19.0 Å². The lowest BCUT2D eigenvalue weighted by molar-refractivity contribution is 0.297. The molecule has 0 aliphatic carbocycles. The van der Waals surface area contributed by atoms with Crippen molar-refractivity contribution in [3.05, 3.63) is 29.1 Å². The highest BCUT2D eigenvalue weighted by atomic mass is 79.9. The van der Waals surface area contributed by atoms with Crippen molar-refractivity contribution in [3.63, 3.8) is 0 Å². The Kier molecular flexibility index (Phi) is 2.99. The Balaban J connectivity index is 2.07. The molecule has 0 saturated carbocycles. The zero-order valence-corrected chi connectivity index (χ0v) is 11.6. The van der Waals surface area contributed by atoms with Crippen LogP contribution < -0.4 is 9.47 Å². The molecule has 0 N–H and O–H groups in total. The van der Waals surface area contributed by atoms with Gasteiger partial charge in [-0.1, -0.05) is 0 Å².